The zero-order valence-corrected chi connectivity index (χ0v) is 12.3. The van der Waals surface area contributed by atoms with Crippen molar-refractivity contribution in [2.75, 3.05) is 13.7 Å². The average Bonchev–Trinajstić information content (AvgIpc) is 2.30. The van der Waals surface area contributed by atoms with Crippen LogP contribution in [0, 0.1) is 5.92 Å². The number of ether oxygens (including phenoxy) is 1. The molecule has 18 heavy (non-hydrogen) atoms. The largest absolute Gasteiger partial charge is 0.468 e. The number of hydrogen-bond donors (Lipinski definition) is 1. The fraction of sp³-hybridized carbons (Fsp3) is 0.750. The Hall–Kier alpha value is -1.17. The van der Waals surface area contributed by atoms with Gasteiger partial charge in [0.1, 0.15) is 6.54 Å². The molecular formula is C12H22N2O3S. The predicted octanol–water partition coefficient (Wildman–Crippen LogP) is 1.10. The van der Waals surface area contributed by atoms with Crippen LogP contribution >= 0.6 is 12.2 Å². The minimum atomic E-state index is -0.503. The molecule has 0 fully saturated rings. The van der Waals surface area contributed by atoms with E-state index in [1.165, 1.54) is 12.0 Å². The summed E-state index contributed by atoms with van der Waals surface area (Å²) >= 11 is 4.92. The number of thiocarbonyl (C=S) groups is 1. The van der Waals surface area contributed by atoms with E-state index in [1.807, 2.05) is 20.8 Å². The molecule has 0 aromatic rings. The van der Waals surface area contributed by atoms with E-state index in [0.29, 0.717) is 6.42 Å². The van der Waals surface area contributed by atoms with E-state index < -0.39 is 11.9 Å². The Morgan fingerprint density at radius 1 is 1.39 bits per heavy atom. The first-order valence-electron chi connectivity index (χ1n) is 6.01. The first-order chi connectivity index (χ1) is 8.34. The lowest BCUT2D eigenvalue weighted by atomic mass is 10.0. The second-order valence-corrected chi connectivity index (χ2v) is 4.85. The molecule has 0 aromatic carbocycles. The molecule has 0 aromatic heterocycles. The third kappa shape index (κ3) is 5.00. The molecule has 0 saturated carbocycles. The lowest BCUT2D eigenvalue weighted by Crippen LogP contribution is -2.47. The molecule has 0 aliphatic carbocycles. The van der Waals surface area contributed by atoms with Crippen LogP contribution in [0.5, 0.6) is 0 Å². The summed E-state index contributed by atoms with van der Waals surface area (Å²) in [6.45, 7) is 5.56. The van der Waals surface area contributed by atoms with Crippen molar-refractivity contribution in [1.82, 2.24) is 4.90 Å². The van der Waals surface area contributed by atoms with Crippen LogP contribution in [-0.4, -0.2) is 41.5 Å². The number of methoxy groups -OCH3 is 1. The van der Waals surface area contributed by atoms with Gasteiger partial charge in [-0.1, -0.05) is 25.6 Å². The number of nitrogens with zero attached hydrogens (tertiary/aromatic N) is 1. The normalized spacial score (nSPS) is 12.1. The van der Waals surface area contributed by atoms with Gasteiger partial charge in [0.05, 0.1) is 18.0 Å². The molecule has 0 radical (unpaired) electrons. The number of nitrogens with two attached hydrogens (primary N) is 1. The summed E-state index contributed by atoms with van der Waals surface area (Å²) in [5.41, 5.74) is 5.59. The Labute approximate surface area is 114 Å². The standard InChI is InChI=1S/C12H22N2O3S/c1-5-6-9(11(13)18)12(16)14(8(2)3)7-10(15)17-4/h8-9H,5-7H2,1-4H3,(H2,13,18). The van der Waals surface area contributed by atoms with Crippen LogP contribution in [0.4, 0.5) is 0 Å². The van der Waals surface area contributed by atoms with Gasteiger partial charge >= 0.3 is 5.97 Å². The maximum Gasteiger partial charge on any atom is 0.325 e. The number of esters is 1. The van der Waals surface area contributed by atoms with Crippen LogP contribution in [0.1, 0.15) is 33.6 Å². The highest BCUT2D eigenvalue weighted by molar-refractivity contribution is 7.80. The zero-order valence-electron chi connectivity index (χ0n) is 11.4. The summed E-state index contributed by atoms with van der Waals surface area (Å²) < 4.78 is 4.58. The highest BCUT2D eigenvalue weighted by Gasteiger charge is 2.29. The van der Waals surface area contributed by atoms with Crippen LogP contribution < -0.4 is 5.73 Å². The predicted molar refractivity (Wildman–Crippen MR) is 74.0 cm³/mol. The van der Waals surface area contributed by atoms with Crippen molar-refractivity contribution in [3.8, 4) is 0 Å². The van der Waals surface area contributed by atoms with Crippen molar-refractivity contribution < 1.29 is 14.3 Å². The van der Waals surface area contributed by atoms with Gasteiger partial charge in [-0.3, -0.25) is 9.59 Å². The maximum absolute atomic E-state index is 12.3. The van der Waals surface area contributed by atoms with Crippen molar-refractivity contribution in [3.05, 3.63) is 0 Å². The first-order valence-corrected chi connectivity index (χ1v) is 6.42. The van der Waals surface area contributed by atoms with Gasteiger partial charge < -0.3 is 15.4 Å². The molecule has 2 N–H and O–H groups in total. The summed E-state index contributed by atoms with van der Waals surface area (Å²) in [7, 11) is 1.29. The molecule has 0 rings (SSSR count). The fourth-order valence-electron chi connectivity index (χ4n) is 1.59. The van der Waals surface area contributed by atoms with Gasteiger partial charge in [-0.2, -0.15) is 0 Å². The first kappa shape index (κ1) is 16.8. The second-order valence-electron chi connectivity index (χ2n) is 4.38. The van der Waals surface area contributed by atoms with E-state index in [-0.39, 0.29) is 23.5 Å². The Morgan fingerprint density at radius 2 is 1.94 bits per heavy atom. The summed E-state index contributed by atoms with van der Waals surface area (Å²) in [5.74, 6) is -1.16. The Kier molecular flexibility index (Phi) is 7.50. The number of carbonyl (C=O) groups excluding carboxylic acids is 2. The van der Waals surface area contributed by atoms with Gasteiger partial charge in [-0.15, -0.1) is 0 Å². The summed E-state index contributed by atoms with van der Waals surface area (Å²) in [5, 5.41) is 0. The van der Waals surface area contributed by atoms with E-state index in [2.05, 4.69) is 4.74 Å². The van der Waals surface area contributed by atoms with Crippen LogP contribution in [0.25, 0.3) is 0 Å². The van der Waals surface area contributed by atoms with Crippen LogP contribution in [0.2, 0.25) is 0 Å². The molecule has 1 atom stereocenters. The van der Waals surface area contributed by atoms with Gasteiger partial charge in [0.25, 0.3) is 0 Å². The van der Waals surface area contributed by atoms with Crippen molar-refractivity contribution in [2.24, 2.45) is 11.7 Å². The molecule has 1 unspecified atom stereocenters. The molecule has 0 bridgehead atoms. The van der Waals surface area contributed by atoms with E-state index in [9.17, 15) is 9.59 Å². The SMILES string of the molecule is CCCC(C(=O)N(CC(=O)OC)C(C)C)C(N)=S. The highest BCUT2D eigenvalue weighted by atomic mass is 32.1. The third-order valence-corrected chi connectivity index (χ3v) is 2.94. The van der Waals surface area contributed by atoms with Gasteiger partial charge in [0.2, 0.25) is 5.91 Å². The Bertz CT molecular complexity index is 318. The molecule has 0 aliphatic heterocycles. The van der Waals surface area contributed by atoms with Gasteiger partial charge in [0, 0.05) is 6.04 Å². The number of amides is 1. The molecule has 6 heteroatoms. The quantitative estimate of drug-likeness (QED) is 0.556. The lowest BCUT2D eigenvalue weighted by Gasteiger charge is -2.29. The Balaban J connectivity index is 4.92. The second kappa shape index (κ2) is 8.02. The summed E-state index contributed by atoms with van der Waals surface area (Å²) in [6.07, 6.45) is 1.40. The minimum absolute atomic E-state index is 0.0736. The summed E-state index contributed by atoms with van der Waals surface area (Å²) in [4.78, 5) is 25.2. The van der Waals surface area contributed by atoms with Crippen molar-refractivity contribution >= 4 is 29.1 Å². The van der Waals surface area contributed by atoms with Crippen molar-refractivity contribution in [1.29, 1.82) is 0 Å². The van der Waals surface area contributed by atoms with Crippen molar-refractivity contribution in [3.63, 3.8) is 0 Å². The third-order valence-electron chi connectivity index (χ3n) is 2.65. The average molecular weight is 274 g/mol. The van der Waals surface area contributed by atoms with E-state index >= 15 is 0 Å². The molecule has 0 spiro atoms. The number of hydrogen-bond acceptors (Lipinski definition) is 4. The van der Waals surface area contributed by atoms with Crippen molar-refractivity contribution in [2.45, 2.75) is 39.7 Å². The fourth-order valence-corrected chi connectivity index (χ4v) is 1.81. The minimum Gasteiger partial charge on any atom is -0.468 e. The molecular weight excluding hydrogens is 252 g/mol. The van der Waals surface area contributed by atoms with E-state index in [1.54, 1.807) is 0 Å². The molecule has 5 nitrogen and oxygen atoms in total. The van der Waals surface area contributed by atoms with E-state index in [4.69, 9.17) is 18.0 Å². The summed E-state index contributed by atoms with van der Waals surface area (Å²) in [6, 6.07) is -0.106. The zero-order chi connectivity index (χ0) is 14.3. The monoisotopic (exact) mass is 274 g/mol. The smallest absolute Gasteiger partial charge is 0.325 e. The molecule has 0 saturated heterocycles. The van der Waals surface area contributed by atoms with Gasteiger partial charge in [0.15, 0.2) is 0 Å². The van der Waals surface area contributed by atoms with Crippen LogP contribution in [0.15, 0.2) is 0 Å². The van der Waals surface area contributed by atoms with Crippen LogP contribution in [-0.2, 0) is 14.3 Å². The maximum atomic E-state index is 12.3. The van der Waals surface area contributed by atoms with Gasteiger partial charge in [-0.25, -0.2) is 0 Å². The molecule has 1 amide bonds. The number of carbonyl (C=O) groups is 2. The van der Waals surface area contributed by atoms with Gasteiger partial charge in [-0.05, 0) is 20.3 Å². The topological polar surface area (TPSA) is 72.6 Å². The molecule has 0 heterocycles. The molecule has 104 valence electrons. The lowest BCUT2D eigenvalue weighted by molar-refractivity contribution is -0.149. The number of rotatable bonds is 7. The molecule has 0 aliphatic rings. The van der Waals surface area contributed by atoms with Crippen LogP contribution in [0.3, 0.4) is 0 Å². The Morgan fingerprint density at radius 3 is 2.28 bits per heavy atom. The van der Waals surface area contributed by atoms with E-state index in [0.717, 1.165) is 6.42 Å². The highest BCUT2D eigenvalue weighted by Crippen LogP contribution is 2.13.